The number of aromatic nitrogens is 2. The Labute approximate surface area is 180 Å². The molecule has 2 aliphatic heterocycles. The second-order valence-corrected chi connectivity index (χ2v) is 9.17. The molecule has 30 heavy (non-hydrogen) atoms. The van der Waals surface area contributed by atoms with Crippen LogP contribution in [-0.2, 0) is 4.79 Å². The van der Waals surface area contributed by atoms with Crippen molar-refractivity contribution in [3.8, 4) is 0 Å². The van der Waals surface area contributed by atoms with E-state index in [2.05, 4.69) is 48.4 Å². The lowest BCUT2D eigenvalue weighted by Gasteiger charge is -2.33. The number of nitrogens with zero attached hydrogens (tertiary/aromatic N) is 5. The van der Waals surface area contributed by atoms with Crippen molar-refractivity contribution in [2.24, 2.45) is 5.92 Å². The van der Waals surface area contributed by atoms with Crippen LogP contribution in [0.15, 0.2) is 12.4 Å². The van der Waals surface area contributed by atoms with Gasteiger partial charge >= 0.3 is 0 Å². The van der Waals surface area contributed by atoms with Crippen molar-refractivity contribution in [2.45, 2.75) is 44.6 Å². The van der Waals surface area contributed by atoms with Gasteiger partial charge in [-0.25, -0.2) is 9.97 Å². The highest BCUT2D eigenvalue weighted by Gasteiger charge is 2.24. The van der Waals surface area contributed by atoms with Gasteiger partial charge in [0.2, 0.25) is 5.91 Å². The summed E-state index contributed by atoms with van der Waals surface area (Å²) in [6, 6.07) is 2.67. The summed E-state index contributed by atoms with van der Waals surface area (Å²) in [5.41, 5.74) is 0. The summed E-state index contributed by atoms with van der Waals surface area (Å²) in [4.78, 5) is 28.3. The maximum absolute atomic E-state index is 12.3. The van der Waals surface area contributed by atoms with Crippen LogP contribution in [0.2, 0.25) is 0 Å². The van der Waals surface area contributed by atoms with E-state index in [0.29, 0.717) is 18.4 Å². The molecule has 0 radical (unpaired) electrons. The van der Waals surface area contributed by atoms with Gasteiger partial charge in [0.15, 0.2) is 0 Å². The monoisotopic (exact) mass is 415 g/mol. The molecule has 166 valence electrons. The van der Waals surface area contributed by atoms with Gasteiger partial charge in [-0.3, -0.25) is 9.69 Å². The Balaban J connectivity index is 1.15. The lowest BCUT2D eigenvalue weighted by Crippen LogP contribution is -2.46. The first kappa shape index (κ1) is 21.3. The van der Waals surface area contributed by atoms with E-state index in [1.165, 1.54) is 19.3 Å². The van der Waals surface area contributed by atoms with E-state index in [-0.39, 0.29) is 5.91 Å². The SMILES string of the molecule is CN1CCN(CCNC(=O)CCC2CCCN(c3cc(NC4CC4)ncn3)C2)CC1. The third kappa shape index (κ3) is 6.54. The van der Waals surface area contributed by atoms with Gasteiger partial charge in [0.1, 0.15) is 18.0 Å². The standard InChI is InChI=1S/C22H37N7O/c1-27-11-13-28(14-12-27)10-8-23-22(30)7-4-18-3-2-9-29(16-18)21-15-20(24-17-25-21)26-19-5-6-19/h15,17-19H,2-14,16H2,1H3,(H,23,30)(H,24,25,26). The Kier molecular flexibility index (Phi) is 7.38. The number of anilines is 2. The topological polar surface area (TPSA) is 76.6 Å². The number of piperidine rings is 1. The minimum absolute atomic E-state index is 0.194. The van der Waals surface area contributed by atoms with Gasteiger partial charge in [-0.15, -0.1) is 0 Å². The summed E-state index contributed by atoms with van der Waals surface area (Å²) >= 11 is 0. The third-order valence-corrected chi connectivity index (χ3v) is 6.55. The molecule has 1 aromatic heterocycles. The molecule has 1 amide bonds. The van der Waals surface area contributed by atoms with Crippen LogP contribution in [-0.4, -0.2) is 91.1 Å². The first-order valence-corrected chi connectivity index (χ1v) is 11.7. The maximum Gasteiger partial charge on any atom is 0.220 e. The van der Waals surface area contributed by atoms with Crippen molar-refractivity contribution in [3.05, 3.63) is 12.4 Å². The molecule has 3 fully saturated rings. The number of amides is 1. The predicted molar refractivity (Wildman–Crippen MR) is 120 cm³/mol. The van der Waals surface area contributed by atoms with E-state index in [0.717, 1.165) is 76.8 Å². The Morgan fingerprint density at radius 3 is 2.77 bits per heavy atom. The zero-order valence-corrected chi connectivity index (χ0v) is 18.4. The number of hydrogen-bond acceptors (Lipinski definition) is 7. The van der Waals surface area contributed by atoms with Crippen LogP contribution in [0.25, 0.3) is 0 Å². The smallest absolute Gasteiger partial charge is 0.220 e. The third-order valence-electron chi connectivity index (χ3n) is 6.55. The van der Waals surface area contributed by atoms with Crippen LogP contribution in [0.4, 0.5) is 11.6 Å². The van der Waals surface area contributed by atoms with E-state index < -0.39 is 0 Å². The molecule has 0 bridgehead atoms. The van der Waals surface area contributed by atoms with Gasteiger partial charge in [-0.1, -0.05) is 0 Å². The summed E-state index contributed by atoms with van der Waals surface area (Å²) in [5, 5.41) is 6.57. The summed E-state index contributed by atoms with van der Waals surface area (Å²) in [6.45, 7) is 8.18. The maximum atomic E-state index is 12.3. The van der Waals surface area contributed by atoms with Crippen molar-refractivity contribution in [1.29, 1.82) is 0 Å². The minimum atomic E-state index is 0.194. The normalized spacial score (nSPS) is 23.4. The quantitative estimate of drug-likeness (QED) is 0.631. The highest BCUT2D eigenvalue weighted by molar-refractivity contribution is 5.75. The average Bonchev–Trinajstić information content (AvgIpc) is 3.58. The van der Waals surface area contributed by atoms with Crippen LogP contribution in [0, 0.1) is 5.92 Å². The van der Waals surface area contributed by atoms with Crippen molar-refractivity contribution in [2.75, 3.05) is 69.6 Å². The Morgan fingerprint density at radius 2 is 1.97 bits per heavy atom. The van der Waals surface area contributed by atoms with Crippen LogP contribution in [0.1, 0.15) is 38.5 Å². The van der Waals surface area contributed by atoms with Gasteiger partial charge in [0.25, 0.3) is 0 Å². The van der Waals surface area contributed by atoms with Crippen molar-refractivity contribution >= 4 is 17.5 Å². The second kappa shape index (κ2) is 10.4. The van der Waals surface area contributed by atoms with E-state index in [1.807, 2.05) is 0 Å². The number of hydrogen-bond donors (Lipinski definition) is 2. The van der Waals surface area contributed by atoms with Gasteiger partial charge in [-0.05, 0) is 45.1 Å². The van der Waals surface area contributed by atoms with E-state index in [1.54, 1.807) is 6.33 Å². The summed E-state index contributed by atoms with van der Waals surface area (Å²) < 4.78 is 0. The molecule has 1 atom stereocenters. The van der Waals surface area contributed by atoms with Crippen LogP contribution < -0.4 is 15.5 Å². The Hall–Kier alpha value is -1.93. The number of likely N-dealkylation sites (N-methyl/N-ethyl adjacent to an activating group) is 1. The Bertz CT molecular complexity index is 688. The molecule has 1 unspecified atom stereocenters. The zero-order valence-electron chi connectivity index (χ0n) is 18.4. The van der Waals surface area contributed by atoms with Crippen molar-refractivity contribution < 1.29 is 4.79 Å². The molecule has 2 N–H and O–H groups in total. The number of rotatable bonds is 9. The van der Waals surface area contributed by atoms with Crippen LogP contribution in [0.5, 0.6) is 0 Å². The minimum Gasteiger partial charge on any atom is -0.367 e. The van der Waals surface area contributed by atoms with Crippen molar-refractivity contribution in [1.82, 2.24) is 25.1 Å². The number of carbonyl (C=O) groups is 1. The van der Waals surface area contributed by atoms with Gasteiger partial charge in [0.05, 0.1) is 0 Å². The molecular formula is C22H37N7O. The Morgan fingerprint density at radius 1 is 1.13 bits per heavy atom. The molecular weight excluding hydrogens is 378 g/mol. The number of piperazine rings is 1. The molecule has 3 aliphatic rings. The van der Waals surface area contributed by atoms with E-state index in [9.17, 15) is 4.79 Å². The molecule has 1 aliphatic carbocycles. The van der Waals surface area contributed by atoms with Crippen LogP contribution >= 0.6 is 0 Å². The van der Waals surface area contributed by atoms with E-state index >= 15 is 0 Å². The largest absolute Gasteiger partial charge is 0.367 e. The predicted octanol–water partition coefficient (Wildman–Crippen LogP) is 1.41. The fourth-order valence-corrected chi connectivity index (χ4v) is 4.39. The summed E-state index contributed by atoms with van der Waals surface area (Å²) in [5.74, 6) is 2.69. The van der Waals surface area contributed by atoms with Gasteiger partial charge in [0, 0.05) is 70.9 Å². The fraction of sp³-hybridized carbons (Fsp3) is 0.773. The molecule has 1 aromatic rings. The number of nitrogens with one attached hydrogen (secondary N) is 2. The molecule has 0 spiro atoms. The second-order valence-electron chi connectivity index (χ2n) is 9.17. The molecule has 0 aromatic carbocycles. The number of carbonyl (C=O) groups excluding carboxylic acids is 1. The first-order chi connectivity index (χ1) is 14.7. The van der Waals surface area contributed by atoms with Crippen LogP contribution in [0.3, 0.4) is 0 Å². The molecule has 3 heterocycles. The molecule has 1 saturated carbocycles. The molecule has 8 heteroatoms. The summed E-state index contributed by atoms with van der Waals surface area (Å²) in [6.07, 6.45) is 8.08. The first-order valence-electron chi connectivity index (χ1n) is 11.7. The lowest BCUT2D eigenvalue weighted by atomic mass is 9.93. The summed E-state index contributed by atoms with van der Waals surface area (Å²) in [7, 11) is 2.17. The molecule has 8 nitrogen and oxygen atoms in total. The highest BCUT2D eigenvalue weighted by atomic mass is 16.1. The molecule has 4 rings (SSSR count). The fourth-order valence-electron chi connectivity index (χ4n) is 4.39. The van der Waals surface area contributed by atoms with Gasteiger partial charge < -0.3 is 20.4 Å². The van der Waals surface area contributed by atoms with Crippen molar-refractivity contribution in [3.63, 3.8) is 0 Å². The highest BCUT2D eigenvalue weighted by Crippen LogP contribution is 2.27. The molecule has 2 saturated heterocycles. The average molecular weight is 416 g/mol. The van der Waals surface area contributed by atoms with Gasteiger partial charge in [-0.2, -0.15) is 0 Å². The lowest BCUT2D eigenvalue weighted by molar-refractivity contribution is -0.121. The zero-order chi connectivity index (χ0) is 20.8. The van der Waals surface area contributed by atoms with E-state index in [4.69, 9.17) is 0 Å².